The summed E-state index contributed by atoms with van der Waals surface area (Å²) < 4.78 is 1.69. The average Bonchev–Trinajstić information content (AvgIpc) is 3.72. The predicted octanol–water partition coefficient (Wildman–Crippen LogP) is 3.07. The van der Waals surface area contributed by atoms with Crippen LogP contribution in [0.15, 0.2) is 24.5 Å². The Morgan fingerprint density at radius 1 is 1.12 bits per heavy atom. The Bertz CT molecular complexity index is 1310. The summed E-state index contributed by atoms with van der Waals surface area (Å²) in [7, 11) is 0. The zero-order valence-electron chi connectivity index (χ0n) is 18.7. The number of piperidine rings is 1. The fraction of sp³-hybridized carbons (Fsp3) is 0.440. The average molecular weight is 444 g/mol. The Morgan fingerprint density at radius 2 is 1.88 bits per heavy atom. The van der Waals surface area contributed by atoms with Gasteiger partial charge in [-0.15, -0.1) is 0 Å². The standard InChI is InChI=1S/C25H25N5O3/c1-13(32)24-21-7-16(18-9-26-14(2)27-10-18)6-20(15-3-4-15)25(21)29(28-24)11-23(33)30-19(12-31)5-17-8-22(17)30/h6-7,9-10,12,15,17,19,22H,3-5,8,11H2,1-2H3. The second kappa shape index (κ2) is 7.30. The van der Waals surface area contributed by atoms with Gasteiger partial charge in [-0.25, -0.2) is 9.97 Å². The number of rotatable bonds is 6. The van der Waals surface area contributed by atoms with Crippen LogP contribution in [0.5, 0.6) is 0 Å². The van der Waals surface area contributed by atoms with Gasteiger partial charge in [0.05, 0.1) is 11.6 Å². The molecule has 1 aliphatic heterocycles. The van der Waals surface area contributed by atoms with Gasteiger partial charge in [-0.1, -0.05) is 0 Å². The molecule has 33 heavy (non-hydrogen) atoms. The quantitative estimate of drug-likeness (QED) is 0.429. The highest BCUT2D eigenvalue weighted by Gasteiger charge is 2.53. The fourth-order valence-electron chi connectivity index (χ4n) is 5.33. The first-order chi connectivity index (χ1) is 15.9. The van der Waals surface area contributed by atoms with Crippen molar-refractivity contribution in [2.24, 2.45) is 5.92 Å². The number of hydrogen-bond donors (Lipinski definition) is 0. The molecule has 1 aromatic carbocycles. The molecule has 3 fully saturated rings. The van der Waals surface area contributed by atoms with Crippen molar-refractivity contribution >= 4 is 28.9 Å². The van der Waals surface area contributed by atoms with Gasteiger partial charge in [0.15, 0.2) is 5.78 Å². The lowest BCUT2D eigenvalue weighted by molar-refractivity contribution is -0.136. The van der Waals surface area contributed by atoms with Crippen LogP contribution in [-0.4, -0.2) is 54.7 Å². The second-order valence-electron chi connectivity index (χ2n) is 9.62. The number of aromatic nitrogens is 4. The monoisotopic (exact) mass is 443 g/mol. The van der Waals surface area contributed by atoms with Gasteiger partial charge in [0.1, 0.15) is 24.3 Å². The number of aryl methyl sites for hydroxylation is 1. The Morgan fingerprint density at radius 3 is 2.55 bits per heavy atom. The first-order valence-electron chi connectivity index (χ1n) is 11.6. The van der Waals surface area contributed by atoms with E-state index in [0.717, 1.165) is 59.6 Å². The lowest BCUT2D eigenvalue weighted by Gasteiger charge is -2.23. The van der Waals surface area contributed by atoms with E-state index in [-0.39, 0.29) is 30.3 Å². The number of likely N-dealkylation sites (tertiary alicyclic amines) is 1. The summed E-state index contributed by atoms with van der Waals surface area (Å²) in [6.45, 7) is 3.38. The van der Waals surface area contributed by atoms with E-state index in [1.54, 1.807) is 22.0 Å². The number of carbonyl (C=O) groups is 3. The molecule has 0 radical (unpaired) electrons. The van der Waals surface area contributed by atoms with Gasteiger partial charge in [0.25, 0.3) is 0 Å². The van der Waals surface area contributed by atoms with Crippen molar-refractivity contribution in [2.75, 3.05) is 0 Å². The summed E-state index contributed by atoms with van der Waals surface area (Å²) >= 11 is 0. The highest BCUT2D eigenvalue weighted by molar-refractivity contribution is 6.07. The Labute approximate surface area is 191 Å². The van der Waals surface area contributed by atoms with Crippen LogP contribution < -0.4 is 0 Å². The van der Waals surface area contributed by atoms with Crippen molar-refractivity contribution in [3.8, 4) is 11.1 Å². The molecule has 8 nitrogen and oxygen atoms in total. The molecule has 0 spiro atoms. The molecule has 2 saturated carbocycles. The molecular formula is C25H25N5O3. The predicted molar refractivity (Wildman–Crippen MR) is 121 cm³/mol. The number of Topliss-reactive ketones (excluding diaryl/α,β-unsaturated/α-hetero) is 1. The van der Waals surface area contributed by atoms with Crippen LogP contribution in [0.2, 0.25) is 0 Å². The topological polar surface area (TPSA) is 98.1 Å². The zero-order chi connectivity index (χ0) is 22.9. The van der Waals surface area contributed by atoms with E-state index in [4.69, 9.17) is 0 Å². The molecule has 3 atom stereocenters. The number of aldehydes is 1. The lowest BCUT2D eigenvalue weighted by atomic mass is 9.98. The summed E-state index contributed by atoms with van der Waals surface area (Å²) in [5, 5.41) is 5.37. The number of benzene rings is 1. The number of nitrogens with zero attached hydrogens (tertiary/aromatic N) is 5. The summed E-state index contributed by atoms with van der Waals surface area (Å²) in [5.41, 5.74) is 4.15. The highest BCUT2D eigenvalue weighted by atomic mass is 16.2. The van der Waals surface area contributed by atoms with Crippen LogP contribution in [0.3, 0.4) is 0 Å². The van der Waals surface area contributed by atoms with Crippen LogP contribution in [-0.2, 0) is 16.1 Å². The molecule has 1 amide bonds. The molecule has 3 aliphatic rings. The minimum atomic E-state index is -0.341. The van der Waals surface area contributed by atoms with Gasteiger partial charge < -0.3 is 9.69 Å². The van der Waals surface area contributed by atoms with Gasteiger partial charge in [-0.3, -0.25) is 14.3 Å². The maximum Gasteiger partial charge on any atom is 0.245 e. The van der Waals surface area contributed by atoms with Crippen molar-refractivity contribution in [1.29, 1.82) is 0 Å². The number of amides is 1. The van der Waals surface area contributed by atoms with E-state index in [1.165, 1.54) is 6.92 Å². The van der Waals surface area contributed by atoms with E-state index >= 15 is 0 Å². The first kappa shape index (κ1) is 20.2. The third-order valence-corrected chi connectivity index (χ3v) is 7.21. The van der Waals surface area contributed by atoms with Gasteiger partial charge in [0.2, 0.25) is 5.91 Å². The van der Waals surface area contributed by atoms with Crippen LogP contribution in [0, 0.1) is 12.8 Å². The van der Waals surface area contributed by atoms with Crippen LogP contribution in [0.1, 0.15) is 60.4 Å². The fourth-order valence-corrected chi connectivity index (χ4v) is 5.33. The molecular weight excluding hydrogens is 418 g/mol. The van der Waals surface area contributed by atoms with Gasteiger partial charge in [0, 0.05) is 36.3 Å². The maximum absolute atomic E-state index is 13.3. The minimum absolute atomic E-state index is 0.0318. The van der Waals surface area contributed by atoms with Crippen molar-refractivity contribution in [2.45, 2.75) is 64.1 Å². The molecule has 8 heteroatoms. The summed E-state index contributed by atoms with van der Waals surface area (Å²) in [6.07, 6.45) is 8.35. The molecule has 3 unspecified atom stereocenters. The van der Waals surface area contributed by atoms with Crippen LogP contribution in [0.25, 0.3) is 22.0 Å². The van der Waals surface area contributed by atoms with E-state index < -0.39 is 0 Å². The number of hydrogen-bond acceptors (Lipinski definition) is 6. The number of ketones is 1. The van der Waals surface area contributed by atoms with Crippen molar-refractivity contribution in [3.05, 3.63) is 41.6 Å². The second-order valence-corrected chi connectivity index (χ2v) is 9.62. The molecule has 3 aromatic rings. The summed E-state index contributed by atoms with van der Waals surface area (Å²) in [4.78, 5) is 47.7. The van der Waals surface area contributed by atoms with Crippen molar-refractivity contribution in [3.63, 3.8) is 0 Å². The lowest BCUT2D eigenvalue weighted by Crippen LogP contribution is -2.41. The van der Waals surface area contributed by atoms with Crippen molar-refractivity contribution < 1.29 is 14.4 Å². The molecule has 2 aromatic heterocycles. The number of carbonyl (C=O) groups excluding carboxylic acids is 3. The van der Waals surface area contributed by atoms with Crippen LogP contribution >= 0.6 is 0 Å². The van der Waals surface area contributed by atoms with Crippen LogP contribution in [0.4, 0.5) is 0 Å². The minimum Gasteiger partial charge on any atom is -0.328 e. The zero-order valence-corrected chi connectivity index (χ0v) is 18.7. The molecule has 1 saturated heterocycles. The molecule has 3 heterocycles. The molecule has 168 valence electrons. The smallest absolute Gasteiger partial charge is 0.245 e. The van der Waals surface area contributed by atoms with E-state index in [9.17, 15) is 14.4 Å². The third-order valence-electron chi connectivity index (χ3n) is 7.21. The highest BCUT2D eigenvalue weighted by Crippen LogP contribution is 2.48. The molecule has 6 rings (SSSR count). The molecule has 0 bridgehead atoms. The Balaban J connectivity index is 1.46. The Kier molecular flexibility index (Phi) is 4.47. The van der Waals surface area contributed by atoms with E-state index in [2.05, 4.69) is 21.1 Å². The first-order valence-corrected chi connectivity index (χ1v) is 11.6. The normalized spacial score (nSPS) is 23.6. The maximum atomic E-state index is 13.3. The molecule has 0 N–H and O–H groups in total. The van der Waals surface area contributed by atoms with E-state index in [0.29, 0.717) is 23.4 Å². The largest absolute Gasteiger partial charge is 0.328 e. The summed E-state index contributed by atoms with van der Waals surface area (Å²) in [5.74, 6) is 1.29. The summed E-state index contributed by atoms with van der Waals surface area (Å²) in [6, 6.07) is 3.92. The van der Waals surface area contributed by atoms with E-state index in [1.807, 2.05) is 13.0 Å². The van der Waals surface area contributed by atoms with Gasteiger partial charge in [-0.05, 0) is 67.7 Å². The van der Waals surface area contributed by atoms with Gasteiger partial charge >= 0.3 is 0 Å². The third kappa shape index (κ3) is 3.35. The molecule has 2 aliphatic carbocycles. The Hall–Kier alpha value is -3.42. The SMILES string of the molecule is CC(=O)c1nn(CC(=O)N2C(C=O)CC3CC32)c2c(C3CC3)cc(-c3cnc(C)nc3)cc12. The van der Waals surface area contributed by atoms with Gasteiger partial charge in [-0.2, -0.15) is 5.10 Å². The number of fused-ring (bicyclic) bond motifs is 2. The van der Waals surface area contributed by atoms with Crippen molar-refractivity contribution in [1.82, 2.24) is 24.6 Å².